The van der Waals surface area contributed by atoms with Crippen LogP contribution < -0.4 is 0 Å². The van der Waals surface area contributed by atoms with E-state index < -0.39 is 0 Å². The van der Waals surface area contributed by atoms with E-state index in [0.717, 1.165) is 19.1 Å². The molecule has 0 N–H and O–H groups in total. The molecular formula is C15H30N2O. The number of hydrogen-bond donors (Lipinski definition) is 0. The smallest absolute Gasteiger partial charge is 0.0601 e. The second-order valence-electron chi connectivity index (χ2n) is 5.95. The fourth-order valence-corrected chi connectivity index (χ4v) is 3.19. The lowest BCUT2D eigenvalue weighted by atomic mass is 9.88. The van der Waals surface area contributed by atoms with Crippen molar-refractivity contribution in [3.63, 3.8) is 0 Å². The van der Waals surface area contributed by atoms with Gasteiger partial charge in [-0.1, -0.05) is 26.7 Å². The zero-order chi connectivity index (χ0) is 12.8. The summed E-state index contributed by atoms with van der Waals surface area (Å²) < 4.78 is 6.10. The maximum atomic E-state index is 6.10. The summed E-state index contributed by atoms with van der Waals surface area (Å²) in [5, 5.41) is 0. The number of rotatable bonds is 5. The number of hydrogen-bond acceptors (Lipinski definition) is 3. The molecule has 2 aliphatic rings. The van der Waals surface area contributed by atoms with Gasteiger partial charge in [-0.2, -0.15) is 0 Å². The Bertz CT molecular complexity index is 227. The first-order valence-electron chi connectivity index (χ1n) is 7.86. The lowest BCUT2D eigenvalue weighted by molar-refractivity contribution is -0.0177. The average Bonchev–Trinajstić information content (AvgIpc) is 2.42. The van der Waals surface area contributed by atoms with Gasteiger partial charge in [-0.05, 0) is 25.3 Å². The van der Waals surface area contributed by atoms with Crippen molar-refractivity contribution < 1.29 is 4.74 Å². The van der Waals surface area contributed by atoms with E-state index in [1.54, 1.807) is 0 Å². The van der Waals surface area contributed by atoms with Crippen molar-refractivity contribution in [1.29, 1.82) is 0 Å². The van der Waals surface area contributed by atoms with Gasteiger partial charge in [-0.15, -0.1) is 0 Å². The van der Waals surface area contributed by atoms with E-state index in [9.17, 15) is 0 Å². The molecule has 1 aliphatic heterocycles. The summed E-state index contributed by atoms with van der Waals surface area (Å²) in [6.45, 7) is 12.8. The van der Waals surface area contributed by atoms with E-state index in [-0.39, 0.29) is 0 Å². The van der Waals surface area contributed by atoms with Gasteiger partial charge in [-0.25, -0.2) is 0 Å². The van der Waals surface area contributed by atoms with Crippen molar-refractivity contribution in [2.75, 3.05) is 45.9 Å². The zero-order valence-corrected chi connectivity index (χ0v) is 12.2. The minimum Gasteiger partial charge on any atom is -0.377 e. The maximum Gasteiger partial charge on any atom is 0.0601 e. The van der Waals surface area contributed by atoms with E-state index >= 15 is 0 Å². The minimum atomic E-state index is 0.538. The van der Waals surface area contributed by atoms with Crippen LogP contribution in [-0.2, 0) is 4.74 Å². The van der Waals surface area contributed by atoms with Crippen LogP contribution in [0.4, 0.5) is 0 Å². The summed E-state index contributed by atoms with van der Waals surface area (Å²) in [6.07, 6.45) is 5.95. The molecule has 3 nitrogen and oxygen atoms in total. The molecule has 0 radical (unpaired) electrons. The van der Waals surface area contributed by atoms with E-state index in [2.05, 4.69) is 23.6 Å². The van der Waals surface area contributed by atoms with E-state index in [1.165, 1.54) is 58.4 Å². The number of nitrogens with zero attached hydrogens (tertiary/aromatic N) is 2. The van der Waals surface area contributed by atoms with Crippen LogP contribution in [0.3, 0.4) is 0 Å². The molecule has 3 heteroatoms. The molecule has 1 saturated heterocycles. The number of likely N-dealkylation sites (N-methyl/N-ethyl adjacent to an activating group) is 1. The highest BCUT2D eigenvalue weighted by molar-refractivity contribution is 4.74. The molecule has 2 rings (SSSR count). The normalized spacial score (nSPS) is 31.7. The first-order chi connectivity index (χ1) is 8.79. The molecule has 0 aromatic carbocycles. The predicted octanol–water partition coefficient (Wildman–Crippen LogP) is 2.22. The van der Waals surface area contributed by atoms with Crippen molar-refractivity contribution in [3.8, 4) is 0 Å². The Morgan fingerprint density at radius 3 is 2.33 bits per heavy atom. The summed E-state index contributed by atoms with van der Waals surface area (Å²) >= 11 is 0. The van der Waals surface area contributed by atoms with Crippen LogP contribution in [-0.4, -0.2) is 61.8 Å². The number of ether oxygens (including phenoxy) is 1. The highest BCUT2D eigenvalue weighted by Gasteiger charge is 2.22. The molecule has 0 aromatic heterocycles. The maximum absolute atomic E-state index is 6.10. The van der Waals surface area contributed by atoms with Gasteiger partial charge in [0.25, 0.3) is 0 Å². The predicted molar refractivity (Wildman–Crippen MR) is 75.9 cm³/mol. The van der Waals surface area contributed by atoms with Crippen molar-refractivity contribution in [2.45, 2.75) is 45.6 Å². The Balaban J connectivity index is 1.58. The van der Waals surface area contributed by atoms with Crippen molar-refractivity contribution in [1.82, 2.24) is 9.80 Å². The third-order valence-corrected chi connectivity index (χ3v) is 4.68. The van der Waals surface area contributed by atoms with Gasteiger partial charge < -0.3 is 9.64 Å². The largest absolute Gasteiger partial charge is 0.377 e. The molecule has 106 valence electrons. The third-order valence-electron chi connectivity index (χ3n) is 4.68. The molecule has 1 saturated carbocycles. The molecule has 0 unspecified atom stereocenters. The summed E-state index contributed by atoms with van der Waals surface area (Å²) in [6, 6.07) is 0. The highest BCUT2D eigenvalue weighted by Crippen LogP contribution is 2.26. The molecular weight excluding hydrogens is 224 g/mol. The first-order valence-corrected chi connectivity index (χ1v) is 7.86. The highest BCUT2D eigenvalue weighted by atomic mass is 16.5. The van der Waals surface area contributed by atoms with Gasteiger partial charge in [-0.3, -0.25) is 4.90 Å². The van der Waals surface area contributed by atoms with Gasteiger partial charge >= 0.3 is 0 Å². The molecule has 2 fully saturated rings. The molecule has 0 spiro atoms. The zero-order valence-electron chi connectivity index (χ0n) is 12.2. The topological polar surface area (TPSA) is 15.7 Å². The fraction of sp³-hybridized carbons (Fsp3) is 1.00. The third kappa shape index (κ3) is 4.22. The Kier molecular flexibility index (Phi) is 5.93. The quantitative estimate of drug-likeness (QED) is 0.748. The minimum absolute atomic E-state index is 0.538. The lowest BCUT2D eigenvalue weighted by Gasteiger charge is -2.35. The van der Waals surface area contributed by atoms with Crippen LogP contribution >= 0.6 is 0 Å². The van der Waals surface area contributed by atoms with Gasteiger partial charge in [0.15, 0.2) is 0 Å². The second kappa shape index (κ2) is 7.46. The van der Waals surface area contributed by atoms with Gasteiger partial charge in [0, 0.05) is 32.7 Å². The molecule has 1 aliphatic carbocycles. The molecule has 2 atom stereocenters. The van der Waals surface area contributed by atoms with Crippen molar-refractivity contribution in [2.24, 2.45) is 5.92 Å². The van der Waals surface area contributed by atoms with E-state index in [0.29, 0.717) is 6.10 Å². The molecule has 1 heterocycles. The molecule has 18 heavy (non-hydrogen) atoms. The Hall–Kier alpha value is -0.120. The summed E-state index contributed by atoms with van der Waals surface area (Å²) in [5.74, 6) is 0.774. The summed E-state index contributed by atoms with van der Waals surface area (Å²) in [7, 11) is 0. The molecule has 0 bridgehead atoms. The average molecular weight is 254 g/mol. The molecule has 0 amide bonds. The fourth-order valence-electron chi connectivity index (χ4n) is 3.19. The molecule has 0 aromatic rings. The van der Waals surface area contributed by atoms with Gasteiger partial charge in [0.2, 0.25) is 0 Å². The van der Waals surface area contributed by atoms with Crippen LogP contribution in [0, 0.1) is 5.92 Å². The Morgan fingerprint density at radius 1 is 1.00 bits per heavy atom. The Labute approximate surface area is 112 Å². The van der Waals surface area contributed by atoms with Crippen molar-refractivity contribution in [3.05, 3.63) is 0 Å². The summed E-state index contributed by atoms with van der Waals surface area (Å²) in [5.41, 5.74) is 0. The standard InChI is InChI=1S/C15H30N2O/c1-3-16-8-10-17(11-9-16)12-13-18-15-7-5-4-6-14(15)2/h14-15H,3-13H2,1-2H3/t14-,15-/m1/s1. The Morgan fingerprint density at radius 2 is 1.67 bits per heavy atom. The number of piperazine rings is 1. The second-order valence-corrected chi connectivity index (χ2v) is 5.95. The monoisotopic (exact) mass is 254 g/mol. The van der Waals surface area contributed by atoms with E-state index in [4.69, 9.17) is 4.74 Å². The van der Waals surface area contributed by atoms with Gasteiger partial charge in [0.1, 0.15) is 0 Å². The van der Waals surface area contributed by atoms with Crippen LogP contribution in [0.25, 0.3) is 0 Å². The van der Waals surface area contributed by atoms with Crippen LogP contribution in [0.2, 0.25) is 0 Å². The lowest BCUT2D eigenvalue weighted by Crippen LogP contribution is -2.47. The summed E-state index contributed by atoms with van der Waals surface area (Å²) in [4.78, 5) is 5.08. The first kappa shape index (κ1) is 14.3. The van der Waals surface area contributed by atoms with Crippen LogP contribution in [0.1, 0.15) is 39.5 Å². The van der Waals surface area contributed by atoms with E-state index in [1.807, 2.05) is 0 Å². The van der Waals surface area contributed by atoms with Crippen molar-refractivity contribution >= 4 is 0 Å². The SMILES string of the molecule is CCN1CCN(CCO[C@@H]2CCCC[C@H]2C)CC1. The van der Waals surface area contributed by atoms with Gasteiger partial charge in [0.05, 0.1) is 12.7 Å². The van der Waals surface area contributed by atoms with Crippen LogP contribution in [0.5, 0.6) is 0 Å². The van der Waals surface area contributed by atoms with Crippen LogP contribution in [0.15, 0.2) is 0 Å².